The predicted octanol–water partition coefficient (Wildman–Crippen LogP) is 5.46. The zero-order valence-corrected chi connectivity index (χ0v) is 17.9. The molecule has 0 saturated heterocycles. The van der Waals surface area contributed by atoms with Gasteiger partial charge in [0, 0.05) is 35.0 Å². The highest BCUT2D eigenvalue weighted by Crippen LogP contribution is 2.17. The zero-order chi connectivity index (χ0) is 24.0. The molecule has 0 aliphatic heterocycles. The van der Waals surface area contributed by atoms with Crippen LogP contribution in [0.15, 0.2) is 67.1 Å². The Labute approximate surface area is 187 Å². The van der Waals surface area contributed by atoms with E-state index < -0.39 is 23.4 Å². The van der Waals surface area contributed by atoms with Crippen LogP contribution in [0, 0.1) is 24.4 Å². The maximum Gasteiger partial charge on any atom is 0.300 e. The van der Waals surface area contributed by atoms with Crippen LogP contribution in [-0.4, -0.2) is 30.8 Å². The highest BCUT2D eigenvalue weighted by atomic mass is 19.2. The number of aromatic amines is 1. The van der Waals surface area contributed by atoms with Crippen molar-refractivity contribution in [2.75, 3.05) is 0 Å². The van der Waals surface area contributed by atoms with Crippen LogP contribution in [0.25, 0.3) is 21.9 Å². The summed E-state index contributed by atoms with van der Waals surface area (Å²) in [6, 6.07) is 13.5. The quantitative estimate of drug-likeness (QED) is 0.371. The lowest BCUT2D eigenvalue weighted by molar-refractivity contribution is -0.134. The van der Waals surface area contributed by atoms with Crippen molar-refractivity contribution >= 4 is 27.9 Å². The van der Waals surface area contributed by atoms with Gasteiger partial charge in [0.2, 0.25) is 0 Å². The molecule has 5 rings (SSSR count). The number of aryl methyl sites for hydroxylation is 1. The van der Waals surface area contributed by atoms with E-state index in [0.29, 0.717) is 11.0 Å². The minimum Gasteiger partial charge on any atom is -0.481 e. The number of fused-ring (bicyclic) bond motifs is 2. The molecule has 0 fully saturated rings. The lowest BCUT2D eigenvalue weighted by Crippen LogP contribution is -2.05. The van der Waals surface area contributed by atoms with Crippen LogP contribution in [0.2, 0.25) is 0 Å². The molecule has 0 radical (unpaired) electrons. The Hall–Kier alpha value is -4.14. The van der Waals surface area contributed by atoms with E-state index in [1.165, 1.54) is 45.5 Å². The molecule has 0 spiro atoms. The van der Waals surface area contributed by atoms with Crippen molar-refractivity contribution in [1.82, 2.24) is 19.7 Å². The molecule has 2 N–H and O–H groups in total. The number of halogens is 3. The van der Waals surface area contributed by atoms with Crippen LogP contribution in [0.4, 0.5) is 13.2 Å². The molecule has 0 unspecified atom stereocenters. The molecular formula is C24H21F3N4O2. The normalized spacial score (nSPS) is 10.3. The summed E-state index contributed by atoms with van der Waals surface area (Å²) in [4.78, 5) is 16.1. The third kappa shape index (κ3) is 5.97. The Morgan fingerprint density at radius 2 is 1.82 bits per heavy atom. The third-order valence-corrected chi connectivity index (χ3v) is 4.59. The summed E-state index contributed by atoms with van der Waals surface area (Å²) < 4.78 is 41.0. The van der Waals surface area contributed by atoms with Gasteiger partial charge in [0.1, 0.15) is 5.82 Å². The van der Waals surface area contributed by atoms with Gasteiger partial charge in [-0.25, -0.2) is 22.8 Å². The van der Waals surface area contributed by atoms with E-state index in [-0.39, 0.29) is 12.1 Å². The van der Waals surface area contributed by atoms with Gasteiger partial charge in [0.15, 0.2) is 17.3 Å². The second-order valence-electron chi connectivity index (χ2n) is 7.12. The minimum absolute atomic E-state index is 0.0335. The average Bonchev–Trinajstić information content (AvgIpc) is 3.35. The second-order valence-corrected chi connectivity index (χ2v) is 7.12. The molecule has 3 heterocycles. The molecule has 0 aliphatic carbocycles. The number of carbonyl (C=O) groups is 1. The van der Waals surface area contributed by atoms with E-state index in [1.54, 1.807) is 0 Å². The fraction of sp³-hybridized carbons (Fsp3) is 0.125. The molecule has 6 nitrogen and oxygen atoms in total. The van der Waals surface area contributed by atoms with Crippen LogP contribution >= 0.6 is 0 Å². The predicted molar refractivity (Wildman–Crippen MR) is 119 cm³/mol. The number of rotatable bonds is 2. The number of carboxylic acids is 1. The maximum atomic E-state index is 13.6. The number of pyridine rings is 1. The third-order valence-electron chi connectivity index (χ3n) is 4.59. The number of carboxylic acid groups (broad SMARTS) is 1. The van der Waals surface area contributed by atoms with E-state index in [2.05, 4.69) is 40.2 Å². The highest BCUT2D eigenvalue weighted by Gasteiger charge is 2.11. The van der Waals surface area contributed by atoms with Crippen LogP contribution in [0.5, 0.6) is 0 Å². The monoisotopic (exact) mass is 454 g/mol. The smallest absolute Gasteiger partial charge is 0.300 e. The molecule has 2 aromatic carbocycles. The first-order chi connectivity index (χ1) is 15.8. The molecule has 0 amide bonds. The molecule has 0 bridgehead atoms. The van der Waals surface area contributed by atoms with E-state index in [4.69, 9.17) is 9.90 Å². The van der Waals surface area contributed by atoms with Crippen molar-refractivity contribution in [1.29, 1.82) is 0 Å². The van der Waals surface area contributed by atoms with Gasteiger partial charge in [-0.15, -0.1) is 0 Å². The van der Waals surface area contributed by atoms with Gasteiger partial charge in [-0.1, -0.05) is 30.3 Å². The minimum atomic E-state index is -0.909. The molecular weight excluding hydrogens is 433 g/mol. The summed E-state index contributed by atoms with van der Waals surface area (Å²) in [6.07, 6.45) is 4.52. The van der Waals surface area contributed by atoms with Gasteiger partial charge >= 0.3 is 0 Å². The van der Waals surface area contributed by atoms with Gasteiger partial charge < -0.3 is 10.1 Å². The second kappa shape index (κ2) is 10.4. The van der Waals surface area contributed by atoms with Crippen LogP contribution in [0.3, 0.4) is 0 Å². The number of nitrogens with one attached hydrogen (secondary N) is 1. The summed E-state index contributed by atoms with van der Waals surface area (Å²) in [7, 11) is 0. The van der Waals surface area contributed by atoms with E-state index in [9.17, 15) is 13.2 Å². The van der Waals surface area contributed by atoms with Gasteiger partial charge in [0.05, 0.1) is 18.9 Å². The first-order valence-electron chi connectivity index (χ1n) is 9.88. The van der Waals surface area contributed by atoms with E-state index in [0.717, 1.165) is 19.2 Å². The Morgan fingerprint density at radius 1 is 1.09 bits per heavy atom. The summed E-state index contributed by atoms with van der Waals surface area (Å²) in [5, 5.41) is 13.3. The van der Waals surface area contributed by atoms with Crippen molar-refractivity contribution in [3.63, 3.8) is 0 Å². The van der Waals surface area contributed by atoms with Crippen LogP contribution < -0.4 is 0 Å². The molecule has 0 aliphatic rings. The van der Waals surface area contributed by atoms with Crippen molar-refractivity contribution in [2.24, 2.45) is 0 Å². The first kappa shape index (κ1) is 23.5. The lowest BCUT2D eigenvalue weighted by Gasteiger charge is -2.05. The zero-order valence-electron chi connectivity index (χ0n) is 17.9. The number of hydrogen-bond acceptors (Lipinski definition) is 3. The summed E-state index contributed by atoms with van der Waals surface area (Å²) in [6.45, 7) is 3.23. The number of aliphatic carboxylic acids is 1. The molecule has 9 heteroatoms. The Bertz CT molecular complexity index is 1390. The number of hydrogen-bond donors (Lipinski definition) is 2. The first-order valence-corrected chi connectivity index (χ1v) is 9.88. The SMILES string of the molecule is CC(=O)O.Cc1c[nH]c2ccccc12.Fc1cnc2c(cnn2Cc2cccc(F)c2F)c1. The van der Waals surface area contributed by atoms with Gasteiger partial charge in [-0.2, -0.15) is 5.10 Å². The van der Waals surface area contributed by atoms with Gasteiger partial charge in [0.25, 0.3) is 5.97 Å². The summed E-state index contributed by atoms with van der Waals surface area (Å²) in [5.41, 5.74) is 3.12. The van der Waals surface area contributed by atoms with Crippen molar-refractivity contribution in [3.05, 3.63) is 95.7 Å². The van der Waals surface area contributed by atoms with Crippen LogP contribution in [0.1, 0.15) is 18.1 Å². The Morgan fingerprint density at radius 3 is 2.55 bits per heavy atom. The maximum absolute atomic E-state index is 13.6. The van der Waals surface area contributed by atoms with Gasteiger partial charge in [-0.3, -0.25) is 4.79 Å². The Kier molecular flexibility index (Phi) is 7.45. The number of H-pyrrole nitrogens is 1. The summed E-state index contributed by atoms with van der Waals surface area (Å²) in [5.74, 6) is -3.12. The standard InChI is InChI=1S/C13H8F3N3.C9H9N.C2H4O2/c14-10-4-9-5-18-19(13(9)17-6-10)7-8-2-1-3-11(15)12(8)16;1-7-6-10-9-5-3-2-4-8(7)9;1-2(3)4/h1-6H,7H2;2-6,10H,1H3;1H3,(H,3,4). The topological polar surface area (TPSA) is 83.8 Å². The van der Waals surface area contributed by atoms with Gasteiger partial charge in [-0.05, 0) is 30.7 Å². The number of benzene rings is 2. The molecule has 33 heavy (non-hydrogen) atoms. The van der Waals surface area contributed by atoms with E-state index >= 15 is 0 Å². The fourth-order valence-electron chi connectivity index (χ4n) is 3.11. The summed E-state index contributed by atoms with van der Waals surface area (Å²) >= 11 is 0. The largest absolute Gasteiger partial charge is 0.481 e. The van der Waals surface area contributed by atoms with Crippen molar-refractivity contribution < 1.29 is 23.1 Å². The number of nitrogens with zero attached hydrogens (tertiary/aromatic N) is 3. The molecule has 0 saturated carbocycles. The Balaban J connectivity index is 0.000000182. The highest BCUT2D eigenvalue weighted by molar-refractivity contribution is 5.82. The fourth-order valence-corrected chi connectivity index (χ4v) is 3.11. The van der Waals surface area contributed by atoms with Crippen LogP contribution in [-0.2, 0) is 11.3 Å². The average molecular weight is 454 g/mol. The van der Waals surface area contributed by atoms with E-state index in [1.807, 2.05) is 12.3 Å². The molecule has 0 atom stereocenters. The molecule has 170 valence electrons. The number of aromatic nitrogens is 4. The lowest BCUT2D eigenvalue weighted by atomic mass is 10.2. The number of para-hydroxylation sites is 1. The van der Waals surface area contributed by atoms with Crippen molar-refractivity contribution in [2.45, 2.75) is 20.4 Å². The molecule has 5 aromatic rings. The van der Waals surface area contributed by atoms with Crippen molar-refractivity contribution in [3.8, 4) is 0 Å². The molecule has 3 aromatic heterocycles.